The standard InChI is InChI=1S/C18H22N8O/c1-11-9-25(5-6-26(11)17(27)12-3-4-12)18-21-8-13(7-19)15(22-18)14-10-24(2)23-16(14)20/h8,10-12H,3-6,9H2,1-2H3,(H2,20,23)/t11-/m1/s1. The van der Waals surface area contributed by atoms with Crippen LogP contribution in [-0.2, 0) is 11.8 Å². The molecular formula is C18H22N8O. The summed E-state index contributed by atoms with van der Waals surface area (Å²) in [4.78, 5) is 25.4. The molecule has 2 N–H and O–H groups in total. The predicted octanol–water partition coefficient (Wildman–Crippen LogP) is 0.778. The van der Waals surface area contributed by atoms with Crippen molar-refractivity contribution in [2.24, 2.45) is 13.0 Å². The molecule has 0 radical (unpaired) electrons. The van der Waals surface area contributed by atoms with Crippen LogP contribution in [0, 0.1) is 17.2 Å². The molecule has 140 valence electrons. The van der Waals surface area contributed by atoms with Gasteiger partial charge in [-0.25, -0.2) is 9.97 Å². The first kappa shape index (κ1) is 17.3. The van der Waals surface area contributed by atoms with Crippen LogP contribution in [-0.4, -0.2) is 56.2 Å². The number of piperazine rings is 1. The van der Waals surface area contributed by atoms with E-state index in [1.54, 1.807) is 17.9 Å². The van der Waals surface area contributed by atoms with Crippen LogP contribution >= 0.6 is 0 Å². The number of carbonyl (C=O) groups is 1. The molecule has 0 aromatic carbocycles. The smallest absolute Gasteiger partial charge is 0.226 e. The van der Waals surface area contributed by atoms with E-state index < -0.39 is 0 Å². The van der Waals surface area contributed by atoms with Crippen LogP contribution < -0.4 is 10.6 Å². The Balaban J connectivity index is 1.60. The van der Waals surface area contributed by atoms with Crippen molar-refractivity contribution in [3.8, 4) is 17.3 Å². The molecule has 1 saturated heterocycles. The van der Waals surface area contributed by atoms with Gasteiger partial charge in [0.05, 0.1) is 23.0 Å². The van der Waals surface area contributed by atoms with Gasteiger partial charge < -0.3 is 15.5 Å². The SMILES string of the molecule is C[C@@H]1CN(c2ncc(C#N)c(-c3cn(C)nc3N)n2)CCN1C(=O)C1CC1. The Morgan fingerprint density at radius 2 is 2.15 bits per heavy atom. The second-order valence-corrected chi connectivity index (χ2v) is 7.25. The number of anilines is 2. The van der Waals surface area contributed by atoms with Crippen molar-refractivity contribution in [1.82, 2.24) is 24.6 Å². The van der Waals surface area contributed by atoms with Crippen molar-refractivity contribution < 1.29 is 4.79 Å². The molecule has 0 spiro atoms. The molecule has 9 heteroatoms. The van der Waals surface area contributed by atoms with Crippen molar-refractivity contribution in [1.29, 1.82) is 5.26 Å². The highest BCUT2D eigenvalue weighted by molar-refractivity contribution is 5.81. The lowest BCUT2D eigenvalue weighted by atomic mass is 10.1. The van der Waals surface area contributed by atoms with E-state index in [0.29, 0.717) is 48.2 Å². The summed E-state index contributed by atoms with van der Waals surface area (Å²) in [6.07, 6.45) is 5.30. The summed E-state index contributed by atoms with van der Waals surface area (Å²) in [7, 11) is 1.77. The van der Waals surface area contributed by atoms with Crippen LogP contribution in [0.25, 0.3) is 11.3 Å². The lowest BCUT2D eigenvalue weighted by Gasteiger charge is -2.40. The maximum absolute atomic E-state index is 12.4. The van der Waals surface area contributed by atoms with Gasteiger partial charge in [0.1, 0.15) is 6.07 Å². The lowest BCUT2D eigenvalue weighted by molar-refractivity contribution is -0.134. The molecular weight excluding hydrogens is 344 g/mol. The van der Waals surface area contributed by atoms with Crippen LogP contribution in [0.3, 0.4) is 0 Å². The number of nitrogen functional groups attached to an aromatic ring is 1. The summed E-state index contributed by atoms with van der Waals surface area (Å²) >= 11 is 0. The molecule has 0 unspecified atom stereocenters. The molecule has 27 heavy (non-hydrogen) atoms. The van der Waals surface area contributed by atoms with Crippen LogP contribution in [0.5, 0.6) is 0 Å². The number of nitriles is 1. The zero-order valence-electron chi connectivity index (χ0n) is 15.5. The van der Waals surface area contributed by atoms with Crippen LogP contribution in [0.2, 0.25) is 0 Å². The molecule has 2 aromatic heterocycles. The van der Waals surface area contributed by atoms with Crippen LogP contribution in [0.4, 0.5) is 11.8 Å². The maximum Gasteiger partial charge on any atom is 0.226 e. The number of nitrogens with two attached hydrogens (primary N) is 1. The van der Waals surface area contributed by atoms with E-state index >= 15 is 0 Å². The van der Waals surface area contributed by atoms with Gasteiger partial charge in [-0.15, -0.1) is 0 Å². The van der Waals surface area contributed by atoms with Gasteiger partial charge in [0.2, 0.25) is 11.9 Å². The third-order valence-electron chi connectivity index (χ3n) is 5.13. The molecule has 3 heterocycles. The molecule has 0 bridgehead atoms. The fraction of sp³-hybridized carbons (Fsp3) is 0.500. The minimum atomic E-state index is 0.0954. The lowest BCUT2D eigenvalue weighted by Crippen LogP contribution is -2.55. The zero-order valence-corrected chi connectivity index (χ0v) is 15.5. The summed E-state index contributed by atoms with van der Waals surface area (Å²) in [6, 6.07) is 2.22. The summed E-state index contributed by atoms with van der Waals surface area (Å²) < 4.78 is 1.60. The van der Waals surface area contributed by atoms with E-state index in [1.165, 1.54) is 6.20 Å². The number of aromatic nitrogens is 4. The topological polar surface area (TPSA) is 117 Å². The molecule has 1 amide bonds. The molecule has 1 atom stereocenters. The minimum absolute atomic E-state index is 0.0954. The number of hydrogen-bond acceptors (Lipinski definition) is 7. The molecule has 9 nitrogen and oxygen atoms in total. The van der Waals surface area contributed by atoms with Gasteiger partial charge in [-0.3, -0.25) is 9.48 Å². The predicted molar refractivity (Wildman–Crippen MR) is 99.5 cm³/mol. The monoisotopic (exact) mass is 366 g/mol. The first-order valence-electron chi connectivity index (χ1n) is 9.10. The van der Waals surface area contributed by atoms with Crippen molar-refractivity contribution in [2.45, 2.75) is 25.8 Å². The van der Waals surface area contributed by atoms with E-state index in [9.17, 15) is 10.1 Å². The van der Waals surface area contributed by atoms with Crippen molar-refractivity contribution in [3.05, 3.63) is 18.0 Å². The molecule has 1 aliphatic heterocycles. The van der Waals surface area contributed by atoms with Crippen molar-refractivity contribution in [3.63, 3.8) is 0 Å². The van der Waals surface area contributed by atoms with Crippen molar-refractivity contribution >= 4 is 17.7 Å². The van der Waals surface area contributed by atoms with Gasteiger partial charge in [0, 0.05) is 44.8 Å². The Bertz CT molecular complexity index is 926. The Morgan fingerprint density at radius 1 is 1.37 bits per heavy atom. The maximum atomic E-state index is 12.4. The number of hydrogen-bond donors (Lipinski definition) is 1. The van der Waals surface area contributed by atoms with Gasteiger partial charge in [-0.1, -0.05) is 0 Å². The minimum Gasteiger partial charge on any atom is -0.382 e. The highest BCUT2D eigenvalue weighted by Gasteiger charge is 2.37. The zero-order chi connectivity index (χ0) is 19.1. The number of carbonyl (C=O) groups excluding carboxylic acids is 1. The molecule has 4 rings (SSSR count). The number of aryl methyl sites for hydroxylation is 1. The van der Waals surface area contributed by atoms with Crippen LogP contribution in [0.15, 0.2) is 12.4 Å². The normalized spacial score (nSPS) is 19.8. The Labute approximate surface area is 157 Å². The van der Waals surface area contributed by atoms with Gasteiger partial charge in [-0.2, -0.15) is 10.4 Å². The van der Waals surface area contributed by atoms with E-state index in [1.807, 2.05) is 4.90 Å². The highest BCUT2D eigenvalue weighted by Crippen LogP contribution is 2.33. The average Bonchev–Trinajstić information content (AvgIpc) is 3.45. The molecule has 1 aliphatic carbocycles. The molecule has 2 aromatic rings. The third kappa shape index (κ3) is 3.18. The van der Waals surface area contributed by atoms with E-state index in [0.717, 1.165) is 12.8 Å². The molecule has 2 fully saturated rings. The van der Waals surface area contributed by atoms with Gasteiger partial charge in [0.25, 0.3) is 0 Å². The molecule has 2 aliphatic rings. The second kappa shape index (κ2) is 6.54. The van der Waals surface area contributed by atoms with Gasteiger partial charge >= 0.3 is 0 Å². The molecule has 1 saturated carbocycles. The van der Waals surface area contributed by atoms with Gasteiger partial charge in [0.15, 0.2) is 5.82 Å². The summed E-state index contributed by atoms with van der Waals surface area (Å²) in [5.74, 6) is 1.36. The fourth-order valence-electron chi connectivity index (χ4n) is 3.53. The average molecular weight is 366 g/mol. The fourth-order valence-corrected chi connectivity index (χ4v) is 3.53. The largest absolute Gasteiger partial charge is 0.382 e. The first-order chi connectivity index (χ1) is 13.0. The van der Waals surface area contributed by atoms with E-state index in [-0.39, 0.29) is 17.9 Å². The second-order valence-electron chi connectivity index (χ2n) is 7.25. The number of nitrogens with zero attached hydrogens (tertiary/aromatic N) is 7. The first-order valence-corrected chi connectivity index (χ1v) is 9.10. The summed E-state index contributed by atoms with van der Waals surface area (Å²) in [5.41, 5.74) is 7.43. The Morgan fingerprint density at radius 3 is 2.74 bits per heavy atom. The highest BCUT2D eigenvalue weighted by atomic mass is 16.2. The Hall–Kier alpha value is -3.15. The Kier molecular flexibility index (Phi) is 4.18. The quantitative estimate of drug-likeness (QED) is 0.853. The van der Waals surface area contributed by atoms with Crippen LogP contribution in [0.1, 0.15) is 25.3 Å². The van der Waals surface area contributed by atoms with E-state index in [2.05, 4.69) is 33.0 Å². The van der Waals surface area contributed by atoms with Crippen molar-refractivity contribution in [2.75, 3.05) is 30.3 Å². The summed E-state index contributed by atoms with van der Waals surface area (Å²) in [5, 5.41) is 13.6. The number of rotatable bonds is 3. The van der Waals surface area contributed by atoms with Gasteiger partial charge in [-0.05, 0) is 19.8 Å². The third-order valence-corrected chi connectivity index (χ3v) is 5.13. The van der Waals surface area contributed by atoms with E-state index in [4.69, 9.17) is 5.73 Å². The number of amides is 1. The summed E-state index contributed by atoms with van der Waals surface area (Å²) in [6.45, 7) is 4.03.